The van der Waals surface area contributed by atoms with Gasteiger partial charge in [-0.1, -0.05) is 23.7 Å². The molecule has 3 aromatic rings. The van der Waals surface area contributed by atoms with Crippen LogP contribution in [0.25, 0.3) is 6.08 Å². The minimum atomic E-state index is -0.233. The molecule has 0 unspecified atom stereocenters. The number of hydrogen-bond acceptors (Lipinski definition) is 4. The number of rotatable bonds is 5. The van der Waals surface area contributed by atoms with Gasteiger partial charge in [-0.2, -0.15) is 0 Å². The van der Waals surface area contributed by atoms with Crippen molar-refractivity contribution >= 4 is 35.3 Å². The summed E-state index contributed by atoms with van der Waals surface area (Å²) < 4.78 is 5.66. The third-order valence-corrected chi connectivity index (χ3v) is 4.10. The molecule has 0 saturated carbocycles. The number of hydrogen-bond donors (Lipinski definition) is 1. The minimum Gasteiger partial charge on any atom is -0.450 e. The number of carbonyl (C=O) groups is 1. The summed E-state index contributed by atoms with van der Waals surface area (Å²) in [5.74, 6) is 0.406. The zero-order valence-electron chi connectivity index (χ0n) is 12.5. The van der Waals surface area contributed by atoms with Gasteiger partial charge >= 0.3 is 0 Å². The van der Waals surface area contributed by atoms with Crippen LogP contribution in [0.1, 0.15) is 16.1 Å². The van der Waals surface area contributed by atoms with Crippen LogP contribution in [-0.2, 0) is 0 Å². The van der Waals surface area contributed by atoms with Crippen molar-refractivity contribution in [1.29, 1.82) is 0 Å². The predicted octanol–water partition coefficient (Wildman–Crippen LogP) is 4.88. The van der Waals surface area contributed by atoms with Crippen molar-refractivity contribution in [3.63, 3.8) is 0 Å². The molecule has 0 spiro atoms. The Morgan fingerprint density at radius 3 is 2.88 bits per heavy atom. The van der Waals surface area contributed by atoms with Crippen molar-refractivity contribution in [2.75, 3.05) is 0 Å². The molecule has 0 fully saturated rings. The number of benzene rings is 1. The van der Waals surface area contributed by atoms with Gasteiger partial charge in [0, 0.05) is 23.0 Å². The van der Waals surface area contributed by atoms with E-state index in [1.54, 1.807) is 36.5 Å². The van der Waals surface area contributed by atoms with Gasteiger partial charge in [-0.15, -0.1) is 0 Å². The van der Waals surface area contributed by atoms with Gasteiger partial charge in [-0.3, -0.25) is 4.79 Å². The number of halogens is 1. The Balaban J connectivity index is 1.58. The van der Waals surface area contributed by atoms with Crippen molar-refractivity contribution in [2.24, 2.45) is 0 Å². The number of aromatic nitrogens is 1. The summed E-state index contributed by atoms with van der Waals surface area (Å²) in [6, 6.07) is 16.1. The number of carbonyl (C=O) groups excluding carboxylic acids is 1. The molecule has 6 heteroatoms. The van der Waals surface area contributed by atoms with Crippen molar-refractivity contribution in [1.82, 2.24) is 10.3 Å². The van der Waals surface area contributed by atoms with Gasteiger partial charge in [0.1, 0.15) is 10.8 Å². The van der Waals surface area contributed by atoms with E-state index in [1.165, 1.54) is 18.0 Å². The quantitative estimate of drug-likeness (QED) is 0.707. The molecular weight excluding hydrogens is 344 g/mol. The van der Waals surface area contributed by atoms with Gasteiger partial charge in [0.2, 0.25) is 0 Å². The van der Waals surface area contributed by atoms with Crippen LogP contribution in [0.15, 0.2) is 81.5 Å². The van der Waals surface area contributed by atoms with E-state index < -0.39 is 0 Å². The van der Waals surface area contributed by atoms with Crippen molar-refractivity contribution < 1.29 is 9.21 Å². The van der Waals surface area contributed by atoms with E-state index in [2.05, 4.69) is 10.3 Å². The van der Waals surface area contributed by atoms with E-state index in [-0.39, 0.29) is 5.91 Å². The summed E-state index contributed by atoms with van der Waals surface area (Å²) in [5.41, 5.74) is 0.498. The molecule has 2 heterocycles. The van der Waals surface area contributed by atoms with Gasteiger partial charge in [-0.05, 0) is 60.3 Å². The summed E-state index contributed by atoms with van der Waals surface area (Å²) >= 11 is 7.30. The van der Waals surface area contributed by atoms with Crippen molar-refractivity contribution in [2.45, 2.75) is 10.1 Å². The topological polar surface area (TPSA) is 55.1 Å². The Hall–Kier alpha value is -2.50. The Morgan fingerprint density at radius 2 is 2.08 bits per heavy atom. The highest BCUT2D eigenvalue weighted by Gasteiger charge is 2.05. The van der Waals surface area contributed by atoms with Gasteiger partial charge in [0.25, 0.3) is 5.91 Å². The average molecular weight is 357 g/mol. The van der Waals surface area contributed by atoms with Gasteiger partial charge in [0.05, 0.1) is 0 Å². The normalized spacial score (nSPS) is 10.9. The molecule has 24 heavy (non-hydrogen) atoms. The Bertz CT molecular complexity index is 862. The van der Waals surface area contributed by atoms with Gasteiger partial charge in [0.15, 0.2) is 5.09 Å². The number of pyridine rings is 1. The first-order valence-corrected chi connectivity index (χ1v) is 8.32. The molecule has 0 saturated heterocycles. The maximum absolute atomic E-state index is 12.0. The Labute approximate surface area is 148 Å². The zero-order chi connectivity index (χ0) is 16.8. The Morgan fingerprint density at radius 1 is 1.17 bits per heavy atom. The lowest BCUT2D eigenvalue weighted by Crippen LogP contribution is -2.16. The van der Waals surface area contributed by atoms with Crippen LogP contribution in [-0.4, -0.2) is 10.9 Å². The van der Waals surface area contributed by atoms with Crippen LogP contribution in [0.5, 0.6) is 0 Å². The van der Waals surface area contributed by atoms with Crippen LogP contribution in [0.4, 0.5) is 0 Å². The lowest BCUT2D eigenvalue weighted by Gasteiger charge is -2.00. The minimum absolute atomic E-state index is 0.233. The molecule has 3 rings (SSSR count). The first-order chi connectivity index (χ1) is 11.7. The lowest BCUT2D eigenvalue weighted by atomic mass is 10.2. The van der Waals surface area contributed by atoms with Crippen LogP contribution in [0.3, 0.4) is 0 Å². The highest BCUT2D eigenvalue weighted by atomic mass is 35.5. The van der Waals surface area contributed by atoms with E-state index in [1.807, 2.05) is 30.3 Å². The number of nitrogens with one attached hydrogen (secondary N) is 1. The lowest BCUT2D eigenvalue weighted by molar-refractivity contribution is 0.0970. The first-order valence-electron chi connectivity index (χ1n) is 7.12. The van der Waals surface area contributed by atoms with Crippen LogP contribution in [0.2, 0.25) is 5.02 Å². The molecular formula is C18H13ClN2O2S. The molecule has 120 valence electrons. The Kier molecular flexibility index (Phi) is 5.36. The molecule has 2 aromatic heterocycles. The van der Waals surface area contributed by atoms with Gasteiger partial charge < -0.3 is 9.73 Å². The van der Waals surface area contributed by atoms with Crippen LogP contribution < -0.4 is 5.32 Å². The fourth-order valence-electron chi connectivity index (χ4n) is 1.90. The molecule has 4 nitrogen and oxygen atoms in total. The number of amides is 1. The second-order valence-corrected chi connectivity index (χ2v) is 6.21. The molecule has 0 aliphatic heterocycles. The van der Waals surface area contributed by atoms with Crippen molar-refractivity contribution in [3.05, 3.63) is 83.3 Å². The standard InChI is InChI=1S/C18H13ClN2O2S/c19-14-5-3-4-13(12-14)18(22)21-11-9-15-7-8-17(23-15)24-16-6-1-2-10-20-16/h1-12H,(H,21,22)/b11-9+. The summed E-state index contributed by atoms with van der Waals surface area (Å²) in [6.45, 7) is 0. The highest BCUT2D eigenvalue weighted by Crippen LogP contribution is 2.27. The fourth-order valence-corrected chi connectivity index (χ4v) is 2.83. The number of nitrogens with zero attached hydrogens (tertiary/aromatic N) is 1. The average Bonchev–Trinajstić information content (AvgIpc) is 3.03. The van der Waals surface area contributed by atoms with Crippen molar-refractivity contribution in [3.8, 4) is 0 Å². The van der Waals surface area contributed by atoms with Gasteiger partial charge in [-0.25, -0.2) is 4.98 Å². The maximum Gasteiger partial charge on any atom is 0.255 e. The van der Waals surface area contributed by atoms with E-state index in [0.29, 0.717) is 16.3 Å². The van der Waals surface area contributed by atoms with E-state index in [9.17, 15) is 4.79 Å². The third kappa shape index (κ3) is 4.50. The molecule has 0 aliphatic carbocycles. The molecule has 0 radical (unpaired) electrons. The van der Waals surface area contributed by atoms with Crippen LogP contribution in [0, 0.1) is 0 Å². The largest absolute Gasteiger partial charge is 0.450 e. The molecule has 0 bridgehead atoms. The summed E-state index contributed by atoms with van der Waals surface area (Å²) in [4.78, 5) is 16.2. The summed E-state index contributed by atoms with van der Waals surface area (Å²) in [5, 5.41) is 4.79. The second-order valence-electron chi connectivity index (χ2n) is 4.74. The molecule has 0 aliphatic rings. The highest BCUT2D eigenvalue weighted by molar-refractivity contribution is 7.99. The molecule has 1 aromatic carbocycles. The molecule has 1 amide bonds. The van der Waals surface area contributed by atoms with Crippen LogP contribution >= 0.6 is 23.4 Å². The first kappa shape index (κ1) is 16.4. The number of furan rings is 1. The zero-order valence-corrected chi connectivity index (χ0v) is 14.1. The third-order valence-electron chi connectivity index (χ3n) is 2.99. The fraction of sp³-hybridized carbons (Fsp3) is 0. The van der Waals surface area contributed by atoms with E-state index in [4.69, 9.17) is 16.0 Å². The smallest absolute Gasteiger partial charge is 0.255 e. The van der Waals surface area contributed by atoms with E-state index in [0.717, 1.165) is 10.1 Å². The summed E-state index contributed by atoms with van der Waals surface area (Å²) in [6.07, 6.45) is 4.96. The maximum atomic E-state index is 12.0. The van der Waals surface area contributed by atoms with E-state index >= 15 is 0 Å². The summed E-state index contributed by atoms with van der Waals surface area (Å²) in [7, 11) is 0. The monoisotopic (exact) mass is 356 g/mol. The molecule has 1 N–H and O–H groups in total. The second kappa shape index (κ2) is 7.86. The SMILES string of the molecule is O=C(N/C=C/c1ccc(Sc2ccccn2)o1)c1cccc(Cl)c1. The predicted molar refractivity (Wildman–Crippen MR) is 95.0 cm³/mol. The molecule has 0 atom stereocenters.